The van der Waals surface area contributed by atoms with Crippen LogP contribution < -0.4 is 4.90 Å². The number of aromatic nitrogens is 1. The predicted molar refractivity (Wildman–Crippen MR) is 128 cm³/mol. The van der Waals surface area contributed by atoms with Gasteiger partial charge >= 0.3 is 6.18 Å². The van der Waals surface area contributed by atoms with E-state index in [1.165, 1.54) is 6.07 Å². The molecule has 2 saturated heterocycles. The van der Waals surface area contributed by atoms with Crippen molar-refractivity contribution >= 4 is 22.5 Å². The molecule has 0 spiro atoms. The Bertz CT molecular complexity index is 1350. The molecule has 9 heteroatoms. The number of methoxy groups -OCH3 is 1. The number of carbonyl (C=O) groups is 1. The Morgan fingerprint density at radius 2 is 2.00 bits per heavy atom. The van der Waals surface area contributed by atoms with Gasteiger partial charge in [-0.2, -0.15) is 18.4 Å². The number of halogens is 3. The number of hydrogen-bond donors (Lipinski definition) is 0. The lowest BCUT2D eigenvalue weighted by Gasteiger charge is -2.44. The fourth-order valence-electron chi connectivity index (χ4n) is 5.60. The number of pyridine rings is 1. The molecule has 2 atom stereocenters. The summed E-state index contributed by atoms with van der Waals surface area (Å²) < 4.78 is 46.1. The maximum atomic E-state index is 13.5. The number of anilines is 1. The van der Waals surface area contributed by atoms with Gasteiger partial charge in [0.15, 0.2) is 0 Å². The van der Waals surface area contributed by atoms with Gasteiger partial charge in [0.05, 0.1) is 29.3 Å². The Balaban J connectivity index is 1.40. The number of alkyl halides is 3. The fraction of sp³-hybridized carbons (Fsp3) is 0.370. The number of hydrogen-bond acceptors (Lipinski definition) is 5. The van der Waals surface area contributed by atoms with E-state index < -0.39 is 17.3 Å². The minimum absolute atomic E-state index is 0.0144. The number of likely N-dealkylation sites (tertiary alicyclic amines) is 1. The smallest absolute Gasteiger partial charge is 0.384 e. The van der Waals surface area contributed by atoms with Gasteiger partial charge in [-0.3, -0.25) is 4.79 Å². The third kappa shape index (κ3) is 4.26. The molecule has 6 nitrogen and oxygen atoms in total. The van der Waals surface area contributed by atoms with Crippen LogP contribution >= 0.6 is 0 Å². The summed E-state index contributed by atoms with van der Waals surface area (Å²) in [6.07, 6.45) is -3.94. The summed E-state index contributed by atoms with van der Waals surface area (Å²) in [5.74, 6) is -0.143. The number of piperidine rings is 1. The van der Waals surface area contributed by atoms with Crippen molar-refractivity contribution < 1.29 is 22.7 Å². The average Bonchev–Trinajstić information content (AvgIpc) is 3.25. The van der Waals surface area contributed by atoms with Crippen LogP contribution in [-0.4, -0.2) is 55.7 Å². The standard InChI is InChI=1S/C27H25F3N4O2/c1-36-17-26-10-11-33(21-8-6-19(13-31)22(12-21)27(28,29)30)14-20(26)15-34(16-26)25(35)24-9-7-18-4-2-3-5-23(18)32-24/h2-9,12,20H,10-11,14-17H2,1H3. The highest BCUT2D eigenvalue weighted by Gasteiger charge is 2.51. The summed E-state index contributed by atoms with van der Waals surface area (Å²) >= 11 is 0. The summed E-state index contributed by atoms with van der Waals surface area (Å²) in [5, 5.41) is 10.1. The first-order valence-electron chi connectivity index (χ1n) is 11.7. The molecule has 3 heterocycles. The van der Waals surface area contributed by atoms with E-state index in [2.05, 4.69) is 4.98 Å². The number of para-hydroxylation sites is 1. The Kier molecular flexibility index (Phi) is 6.08. The molecule has 0 aliphatic carbocycles. The van der Waals surface area contributed by atoms with E-state index in [1.807, 2.05) is 35.2 Å². The van der Waals surface area contributed by atoms with Crippen LogP contribution in [0.5, 0.6) is 0 Å². The van der Waals surface area contributed by atoms with Gasteiger partial charge < -0.3 is 14.5 Å². The van der Waals surface area contributed by atoms with Gasteiger partial charge in [0.1, 0.15) is 5.69 Å². The Morgan fingerprint density at radius 1 is 1.19 bits per heavy atom. The van der Waals surface area contributed by atoms with Gasteiger partial charge in [0.2, 0.25) is 0 Å². The number of nitriles is 1. The Morgan fingerprint density at radius 3 is 2.75 bits per heavy atom. The minimum atomic E-state index is -4.61. The SMILES string of the molecule is COCC12CCN(c3ccc(C#N)c(C(F)(F)F)c3)CC1CN(C(=O)c1ccc3ccccc3n1)C2. The van der Waals surface area contributed by atoms with Crippen LogP contribution in [-0.2, 0) is 10.9 Å². The molecule has 36 heavy (non-hydrogen) atoms. The van der Waals surface area contributed by atoms with Crippen LogP contribution in [0.15, 0.2) is 54.6 Å². The minimum Gasteiger partial charge on any atom is -0.384 e. The maximum absolute atomic E-state index is 13.5. The van der Waals surface area contributed by atoms with Crippen molar-refractivity contribution in [1.82, 2.24) is 9.88 Å². The highest BCUT2D eigenvalue weighted by atomic mass is 19.4. The predicted octanol–water partition coefficient (Wildman–Crippen LogP) is 4.74. The second-order valence-corrected chi connectivity index (χ2v) is 9.60. The molecule has 0 bridgehead atoms. The molecule has 0 saturated carbocycles. The van der Waals surface area contributed by atoms with Crippen molar-refractivity contribution in [2.24, 2.45) is 11.3 Å². The summed E-state index contributed by atoms with van der Waals surface area (Å²) in [6.45, 7) is 2.45. The molecular weight excluding hydrogens is 469 g/mol. The van der Waals surface area contributed by atoms with E-state index in [0.29, 0.717) is 50.6 Å². The summed E-state index contributed by atoms with van der Waals surface area (Å²) in [7, 11) is 1.63. The second kappa shape index (κ2) is 9.10. The monoisotopic (exact) mass is 494 g/mol. The number of benzene rings is 2. The molecule has 2 aliphatic rings. The number of fused-ring (bicyclic) bond motifs is 2. The van der Waals surface area contributed by atoms with Crippen molar-refractivity contribution in [1.29, 1.82) is 5.26 Å². The first kappa shape index (κ1) is 24.1. The zero-order valence-electron chi connectivity index (χ0n) is 19.8. The van der Waals surface area contributed by atoms with Gasteiger partial charge in [0, 0.05) is 55.7 Å². The molecule has 1 amide bonds. The first-order valence-corrected chi connectivity index (χ1v) is 11.7. The van der Waals surface area contributed by atoms with E-state index >= 15 is 0 Å². The molecule has 2 aromatic carbocycles. The van der Waals surface area contributed by atoms with Crippen LogP contribution in [0.25, 0.3) is 10.9 Å². The third-order valence-corrected chi connectivity index (χ3v) is 7.46. The molecule has 2 fully saturated rings. The van der Waals surface area contributed by atoms with E-state index in [-0.39, 0.29) is 17.2 Å². The lowest BCUT2D eigenvalue weighted by Crippen LogP contribution is -2.49. The van der Waals surface area contributed by atoms with Crippen molar-refractivity contribution in [3.63, 3.8) is 0 Å². The highest BCUT2D eigenvalue weighted by Crippen LogP contribution is 2.45. The van der Waals surface area contributed by atoms with Gasteiger partial charge in [-0.05, 0) is 36.8 Å². The van der Waals surface area contributed by atoms with E-state index in [9.17, 15) is 18.0 Å². The Labute approximate surface area is 206 Å². The van der Waals surface area contributed by atoms with Crippen LogP contribution in [0.1, 0.15) is 28.0 Å². The zero-order valence-corrected chi connectivity index (χ0v) is 19.8. The normalized spacial score (nSPS) is 21.9. The summed E-state index contributed by atoms with van der Waals surface area (Å²) in [6, 6.07) is 16.7. The van der Waals surface area contributed by atoms with E-state index in [4.69, 9.17) is 10.00 Å². The molecular formula is C27H25F3N4O2. The quantitative estimate of drug-likeness (QED) is 0.524. The van der Waals surface area contributed by atoms with Crippen LogP contribution in [0.2, 0.25) is 0 Å². The highest BCUT2D eigenvalue weighted by molar-refractivity contribution is 5.95. The molecule has 1 aromatic heterocycles. The summed E-state index contributed by atoms with van der Waals surface area (Å²) in [4.78, 5) is 21.7. The Hall–Kier alpha value is -3.64. The number of carbonyl (C=O) groups excluding carboxylic acids is 1. The van der Waals surface area contributed by atoms with Crippen molar-refractivity contribution in [2.75, 3.05) is 44.8 Å². The molecule has 5 rings (SSSR count). The average molecular weight is 495 g/mol. The summed E-state index contributed by atoms with van der Waals surface area (Å²) in [5.41, 5.74) is -0.0534. The van der Waals surface area contributed by atoms with Crippen molar-refractivity contribution in [2.45, 2.75) is 12.6 Å². The van der Waals surface area contributed by atoms with E-state index in [0.717, 1.165) is 17.0 Å². The first-order chi connectivity index (χ1) is 17.2. The molecule has 3 aromatic rings. The number of nitrogens with zero attached hydrogens (tertiary/aromatic N) is 4. The third-order valence-electron chi connectivity index (χ3n) is 7.46. The van der Waals surface area contributed by atoms with Gasteiger partial charge in [-0.25, -0.2) is 4.98 Å². The maximum Gasteiger partial charge on any atom is 0.417 e. The molecule has 186 valence electrons. The lowest BCUT2D eigenvalue weighted by molar-refractivity contribution is -0.137. The molecule has 0 N–H and O–H groups in total. The number of amides is 1. The number of ether oxygens (including phenoxy) is 1. The van der Waals surface area contributed by atoms with Crippen molar-refractivity contribution in [3.8, 4) is 6.07 Å². The zero-order chi connectivity index (χ0) is 25.5. The molecule has 2 unspecified atom stereocenters. The van der Waals surface area contributed by atoms with Gasteiger partial charge in [0.25, 0.3) is 5.91 Å². The van der Waals surface area contributed by atoms with Crippen molar-refractivity contribution in [3.05, 3.63) is 71.4 Å². The fourth-order valence-corrected chi connectivity index (χ4v) is 5.60. The van der Waals surface area contributed by atoms with Crippen LogP contribution in [0.3, 0.4) is 0 Å². The van der Waals surface area contributed by atoms with Crippen LogP contribution in [0, 0.1) is 22.7 Å². The number of rotatable bonds is 4. The van der Waals surface area contributed by atoms with Gasteiger partial charge in [-0.15, -0.1) is 0 Å². The lowest BCUT2D eigenvalue weighted by atomic mass is 9.73. The van der Waals surface area contributed by atoms with Gasteiger partial charge in [-0.1, -0.05) is 24.3 Å². The molecule has 0 radical (unpaired) electrons. The molecule has 2 aliphatic heterocycles. The second-order valence-electron chi connectivity index (χ2n) is 9.60. The van der Waals surface area contributed by atoms with E-state index in [1.54, 1.807) is 30.2 Å². The largest absolute Gasteiger partial charge is 0.417 e. The topological polar surface area (TPSA) is 69.5 Å². The van der Waals surface area contributed by atoms with Crippen LogP contribution in [0.4, 0.5) is 18.9 Å².